The van der Waals surface area contributed by atoms with Crippen molar-refractivity contribution in [3.05, 3.63) is 136 Å². The van der Waals surface area contributed by atoms with Crippen molar-refractivity contribution in [3.63, 3.8) is 0 Å². The number of rotatable bonds is 8. The normalized spacial score (nSPS) is 20.8. The Labute approximate surface area is 264 Å². The lowest BCUT2D eigenvalue weighted by atomic mass is 9.90. The van der Waals surface area contributed by atoms with Gasteiger partial charge in [0.05, 0.1) is 53.8 Å². The summed E-state index contributed by atoms with van der Waals surface area (Å²) in [5, 5.41) is 12.4. The van der Waals surface area contributed by atoms with Crippen LogP contribution in [-0.2, 0) is 33.9 Å². The average molecular weight is 618 g/mol. The molecule has 0 radical (unpaired) electrons. The summed E-state index contributed by atoms with van der Waals surface area (Å²) in [4.78, 5) is 40.9. The van der Waals surface area contributed by atoms with E-state index in [1.165, 1.54) is 18.2 Å². The molecule has 1 fully saturated rings. The summed E-state index contributed by atoms with van der Waals surface area (Å²) in [5.74, 6) is -1.83. The highest BCUT2D eigenvalue weighted by Gasteiger charge is 2.38. The van der Waals surface area contributed by atoms with Crippen molar-refractivity contribution in [2.45, 2.75) is 45.1 Å². The number of carbonyl (C=O) groups excluding carboxylic acids is 3. The number of aliphatic hydroxyl groups excluding tert-OH is 1. The van der Waals surface area contributed by atoms with Gasteiger partial charge in [-0.05, 0) is 47.0 Å². The third kappa shape index (κ3) is 5.69. The molecule has 4 atom stereocenters. The molecule has 1 aromatic heterocycles. The van der Waals surface area contributed by atoms with Crippen LogP contribution in [0.2, 0.25) is 0 Å². The Bertz CT molecular complexity index is 1930. The molecule has 3 heterocycles. The number of cyclic esters (lactones) is 2. The smallest absolute Gasteiger partial charge is 0.346 e. The summed E-state index contributed by atoms with van der Waals surface area (Å²) < 4.78 is 19.9. The summed E-state index contributed by atoms with van der Waals surface area (Å²) in [6.07, 6.45) is 0.742. The monoisotopic (exact) mass is 617 g/mol. The number of amides is 1. The number of esters is 2. The number of para-hydroxylation sites is 2. The molecule has 2 N–H and O–H groups in total. The van der Waals surface area contributed by atoms with Gasteiger partial charge in [-0.25, -0.2) is 14.6 Å². The Hall–Kier alpha value is -5.16. The van der Waals surface area contributed by atoms with Gasteiger partial charge in [-0.3, -0.25) is 4.79 Å². The number of fused-ring (bicyclic) bond motifs is 2. The van der Waals surface area contributed by atoms with Gasteiger partial charge >= 0.3 is 11.9 Å². The van der Waals surface area contributed by atoms with Crippen LogP contribution in [0.3, 0.4) is 0 Å². The SMILES string of the molecule is CC1C(Cn2cnc3ccccc32)OC(c2ccc(CNC(=O)c3ccc4c(c3)C(=O)OC4=O)cc2)OC1c1ccc(CO)cc1. The maximum atomic E-state index is 12.8. The first-order valence-electron chi connectivity index (χ1n) is 15.1. The van der Waals surface area contributed by atoms with E-state index in [1.807, 2.05) is 79.1 Å². The van der Waals surface area contributed by atoms with Crippen molar-refractivity contribution >= 4 is 28.9 Å². The zero-order chi connectivity index (χ0) is 31.8. The Morgan fingerprint density at radius 3 is 2.37 bits per heavy atom. The lowest BCUT2D eigenvalue weighted by Gasteiger charge is -2.41. The zero-order valence-electron chi connectivity index (χ0n) is 25.0. The van der Waals surface area contributed by atoms with E-state index >= 15 is 0 Å². The van der Waals surface area contributed by atoms with Crippen LogP contribution in [0.15, 0.2) is 97.3 Å². The van der Waals surface area contributed by atoms with Crippen LogP contribution in [0.5, 0.6) is 0 Å². The summed E-state index contributed by atoms with van der Waals surface area (Å²) in [5.41, 5.74) is 5.98. The Balaban J connectivity index is 1.08. The third-order valence-corrected chi connectivity index (χ3v) is 8.64. The fourth-order valence-electron chi connectivity index (χ4n) is 5.98. The minimum atomic E-state index is -0.753. The van der Waals surface area contributed by atoms with Gasteiger partial charge in [0, 0.05) is 23.6 Å². The maximum absolute atomic E-state index is 12.8. The minimum absolute atomic E-state index is 0.00562. The maximum Gasteiger partial charge on any atom is 0.346 e. The molecule has 0 aliphatic carbocycles. The predicted molar refractivity (Wildman–Crippen MR) is 167 cm³/mol. The molecule has 10 nitrogen and oxygen atoms in total. The van der Waals surface area contributed by atoms with Crippen molar-refractivity contribution in [2.24, 2.45) is 5.92 Å². The molecule has 0 bridgehead atoms. The number of benzene rings is 4. The third-order valence-electron chi connectivity index (χ3n) is 8.64. The Kier molecular flexibility index (Phi) is 7.91. The van der Waals surface area contributed by atoms with Crippen molar-refractivity contribution in [3.8, 4) is 0 Å². The first-order valence-corrected chi connectivity index (χ1v) is 15.1. The van der Waals surface area contributed by atoms with Crippen LogP contribution < -0.4 is 5.32 Å². The second-order valence-electron chi connectivity index (χ2n) is 11.6. The van der Waals surface area contributed by atoms with Crippen molar-refractivity contribution in [1.29, 1.82) is 0 Å². The number of ether oxygens (including phenoxy) is 3. The first kappa shape index (κ1) is 29.5. The molecule has 0 saturated carbocycles. The lowest BCUT2D eigenvalue weighted by molar-refractivity contribution is -0.276. The number of nitrogens with one attached hydrogen (secondary N) is 1. The second kappa shape index (κ2) is 12.3. The number of hydrogen-bond acceptors (Lipinski definition) is 8. The molecule has 2 aliphatic rings. The van der Waals surface area contributed by atoms with Gasteiger partial charge in [0.1, 0.15) is 0 Å². The van der Waals surface area contributed by atoms with Crippen LogP contribution in [-0.4, -0.2) is 38.6 Å². The van der Waals surface area contributed by atoms with E-state index in [9.17, 15) is 19.5 Å². The highest BCUT2D eigenvalue weighted by molar-refractivity contribution is 6.15. The van der Waals surface area contributed by atoms with Crippen LogP contribution >= 0.6 is 0 Å². The van der Waals surface area contributed by atoms with Gasteiger partial charge in [0.25, 0.3) is 5.91 Å². The van der Waals surface area contributed by atoms with Crippen LogP contribution in [0.25, 0.3) is 11.0 Å². The van der Waals surface area contributed by atoms with E-state index in [0.29, 0.717) is 6.54 Å². The molecule has 4 aromatic carbocycles. The molecule has 232 valence electrons. The zero-order valence-corrected chi connectivity index (χ0v) is 25.0. The molecule has 1 amide bonds. The number of aliphatic hydroxyl groups is 1. The van der Waals surface area contributed by atoms with Gasteiger partial charge in [0.15, 0.2) is 6.29 Å². The van der Waals surface area contributed by atoms with E-state index < -0.39 is 18.2 Å². The number of carbonyl (C=O) groups is 3. The molecule has 2 aliphatic heterocycles. The molecular weight excluding hydrogens is 586 g/mol. The first-order chi connectivity index (χ1) is 22.4. The predicted octanol–water partition coefficient (Wildman–Crippen LogP) is 5.26. The average Bonchev–Trinajstić information content (AvgIpc) is 3.63. The van der Waals surface area contributed by atoms with Gasteiger partial charge in [-0.1, -0.05) is 67.6 Å². The fraction of sp³-hybridized carbons (Fsp3) is 0.222. The van der Waals surface area contributed by atoms with E-state index in [-0.39, 0.29) is 53.9 Å². The Morgan fingerprint density at radius 2 is 1.59 bits per heavy atom. The molecule has 0 spiro atoms. The highest BCUT2D eigenvalue weighted by atomic mass is 16.7. The van der Waals surface area contributed by atoms with Gasteiger partial charge < -0.3 is 29.2 Å². The summed E-state index contributed by atoms with van der Waals surface area (Å²) in [7, 11) is 0. The molecule has 5 aromatic rings. The fourth-order valence-corrected chi connectivity index (χ4v) is 5.98. The van der Waals surface area contributed by atoms with Crippen molar-refractivity contribution in [1.82, 2.24) is 14.9 Å². The molecule has 1 saturated heterocycles. The quantitative estimate of drug-likeness (QED) is 0.178. The minimum Gasteiger partial charge on any atom is -0.392 e. The largest absolute Gasteiger partial charge is 0.392 e. The summed E-state index contributed by atoms with van der Waals surface area (Å²) >= 11 is 0. The molecule has 4 unspecified atom stereocenters. The summed E-state index contributed by atoms with van der Waals surface area (Å²) in [6, 6.07) is 27.8. The Morgan fingerprint density at radius 1 is 0.870 bits per heavy atom. The van der Waals surface area contributed by atoms with Gasteiger partial charge in [-0.15, -0.1) is 0 Å². The van der Waals surface area contributed by atoms with Crippen LogP contribution in [0, 0.1) is 5.92 Å². The number of imidazole rings is 1. The number of hydrogen-bond donors (Lipinski definition) is 2. The van der Waals surface area contributed by atoms with E-state index in [1.54, 1.807) is 0 Å². The topological polar surface area (TPSA) is 129 Å². The lowest BCUT2D eigenvalue weighted by Crippen LogP contribution is -2.39. The van der Waals surface area contributed by atoms with Gasteiger partial charge in [-0.2, -0.15) is 0 Å². The van der Waals surface area contributed by atoms with Crippen molar-refractivity contribution < 1.29 is 33.7 Å². The molecule has 7 rings (SSSR count). The number of nitrogens with zero attached hydrogens (tertiary/aromatic N) is 2. The van der Waals surface area contributed by atoms with Crippen molar-refractivity contribution in [2.75, 3.05) is 0 Å². The second-order valence-corrected chi connectivity index (χ2v) is 11.6. The van der Waals surface area contributed by atoms with E-state index in [4.69, 9.17) is 9.47 Å². The van der Waals surface area contributed by atoms with Crippen LogP contribution in [0.1, 0.15) is 72.6 Å². The number of aromatic nitrogens is 2. The molecule has 10 heteroatoms. The van der Waals surface area contributed by atoms with E-state index in [2.05, 4.69) is 26.5 Å². The summed E-state index contributed by atoms with van der Waals surface area (Å²) in [6.45, 7) is 2.93. The standard InChI is InChI=1S/C36H31N3O7/c1-21-31(18-39-20-38-29-4-2-3-5-30(29)39)44-36(45-32(21)24-10-8-23(19-40)9-11-24)25-12-6-22(7-13-25)17-37-33(41)26-14-15-27-28(16-26)35(43)46-34(27)42/h2-16,20-21,31-32,36,40H,17-19H2,1H3,(H,37,41). The molecular formula is C36H31N3O7. The van der Waals surface area contributed by atoms with E-state index in [0.717, 1.165) is 33.3 Å². The van der Waals surface area contributed by atoms with Gasteiger partial charge in [0.2, 0.25) is 0 Å². The molecule has 46 heavy (non-hydrogen) atoms. The highest BCUT2D eigenvalue weighted by Crippen LogP contribution is 2.42. The van der Waals surface area contributed by atoms with Crippen LogP contribution in [0.4, 0.5) is 0 Å².